The minimum atomic E-state index is -0.752. The molecule has 0 saturated carbocycles. The van der Waals surface area contributed by atoms with Crippen LogP contribution in [-0.2, 0) is 0 Å². The van der Waals surface area contributed by atoms with Crippen molar-refractivity contribution >= 4 is 0 Å². The molecule has 1 aromatic carbocycles. The van der Waals surface area contributed by atoms with Crippen molar-refractivity contribution < 1.29 is 18.6 Å². The van der Waals surface area contributed by atoms with Gasteiger partial charge in [-0.05, 0) is 12.8 Å². The van der Waals surface area contributed by atoms with E-state index in [1.54, 1.807) is 0 Å². The average molecular weight is 231 g/mol. The van der Waals surface area contributed by atoms with E-state index in [1.165, 1.54) is 7.11 Å². The van der Waals surface area contributed by atoms with Gasteiger partial charge in [0.1, 0.15) is 17.4 Å². The van der Waals surface area contributed by atoms with Gasteiger partial charge < -0.3 is 15.6 Å². The molecule has 1 rings (SSSR count). The van der Waals surface area contributed by atoms with E-state index in [0.717, 1.165) is 12.1 Å². The summed E-state index contributed by atoms with van der Waals surface area (Å²) in [5.41, 5.74) is 5.48. The number of aliphatic hydroxyl groups is 1. The molecule has 1 atom stereocenters. The van der Waals surface area contributed by atoms with Crippen molar-refractivity contribution in [1.29, 1.82) is 0 Å². The van der Waals surface area contributed by atoms with Crippen LogP contribution in [0.3, 0.4) is 0 Å². The van der Waals surface area contributed by atoms with Crippen LogP contribution in [-0.4, -0.2) is 18.8 Å². The monoisotopic (exact) mass is 231 g/mol. The molecule has 0 aliphatic heterocycles. The summed E-state index contributed by atoms with van der Waals surface area (Å²) in [6, 6.07) is 1.44. The van der Waals surface area contributed by atoms with E-state index in [1.807, 2.05) is 0 Å². The van der Waals surface area contributed by atoms with E-state index >= 15 is 0 Å². The lowest BCUT2D eigenvalue weighted by Crippen LogP contribution is -2.15. The minimum absolute atomic E-state index is 0.0485. The Kier molecular flexibility index (Phi) is 4.64. The Bertz CT molecular complexity index is 335. The molecule has 0 unspecified atom stereocenters. The third-order valence-electron chi connectivity index (χ3n) is 2.33. The second-order valence-corrected chi connectivity index (χ2v) is 3.48. The highest BCUT2D eigenvalue weighted by atomic mass is 19.1. The Morgan fingerprint density at radius 2 is 1.94 bits per heavy atom. The Hall–Kier alpha value is -1.20. The van der Waals surface area contributed by atoms with Gasteiger partial charge in [-0.2, -0.15) is 0 Å². The first kappa shape index (κ1) is 12.9. The fourth-order valence-electron chi connectivity index (χ4n) is 1.49. The summed E-state index contributed by atoms with van der Waals surface area (Å²) in [7, 11) is 1.33. The quantitative estimate of drug-likeness (QED) is 0.811. The number of ether oxygens (including phenoxy) is 1. The van der Waals surface area contributed by atoms with Crippen molar-refractivity contribution in [3.63, 3.8) is 0 Å². The first-order chi connectivity index (χ1) is 7.60. The number of aliphatic hydroxyl groups excluding tert-OH is 1. The molecule has 3 N–H and O–H groups in total. The third-order valence-corrected chi connectivity index (χ3v) is 2.33. The van der Waals surface area contributed by atoms with Gasteiger partial charge in [-0.1, -0.05) is 0 Å². The predicted molar refractivity (Wildman–Crippen MR) is 56.2 cm³/mol. The van der Waals surface area contributed by atoms with Crippen molar-refractivity contribution in [2.45, 2.75) is 18.9 Å². The molecule has 0 aliphatic carbocycles. The van der Waals surface area contributed by atoms with Crippen molar-refractivity contribution in [2.75, 3.05) is 13.7 Å². The van der Waals surface area contributed by atoms with E-state index in [2.05, 4.69) is 0 Å². The second-order valence-electron chi connectivity index (χ2n) is 3.48. The molecule has 0 spiro atoms. The highest BCUT2D eigenvalue weighted by Crippen LogP contribution is 2.26. The molecule has 16 heavy (non-hydrogen) atoms. The number of methoxy groups -OCH3 is 1. The Labute approximate surface area is 92.8 Å². The molecule has 3 nitrogen and oxygen atoms in total. The molecule has 0 radical (unpaired) electrons. The molecule has 0 saturated heterocycles. The van der Waals surface area contributed by atoms with Gasteiger partial charge in [0.15, 0.2) is 0 Å². The van der Waals surface area contributed by atoms with Crippen LogP contribution in [0.15, 0.2) is 12.1 Å². The summed E-state index contributed by atoms with van der Waals surface area (Å²) < 4.78 is 31.8. The maximum Gasteiger partial charge on any atom is 0.134 e. The molecule has 0 fully saturated rings. The summed E-state index contributed by atoms with van der Waals surface area (Å²) in [6.45, 7) is -0.0485. The number of rotatable bonds is 5. The average Bonchev–Trinajstić information content (AvgIpc) is 2.25. The second kappa shape index (κ2) is 5.77. The molecule has 5 heteroatoms. The van der Waals surface area contributed by atoms with Gasteiger partial charge in [0.05, 0.1) is 7.11 Å². The molecule has 0 amide bonds. The van der Waals surface area contributed by atoms with Crippen LogP contribution < -0.4 is 10.5 Å². The SMILES string of the molecule is COc1cc(F)c([C@H](N)CCCO)c(F)c1. The molecule has 1 aromatic rings. The van der Waals surface area contributed by atoms with E-state index in [0.29, 0.717) is 12.8 Å². The highest BCUT2D eigenvalue weighted by molar-refractivity contribution is 5.32. The zero-order valence-corrected chi connectivity index (χ0v) is 9.04. The minimum Gasteiger partial charge on any atom is -0.497 e. The van der Waals surface area contributed by atoms with Crippen LogP contribution in [0.5, 0.6) is 5.75 Å². The number of hydrogen-bond donors (Lipinski definition) is 2. The molecule has 0 bridgehead atoms. The van der Waals surface area contributed by atoms with Gasteiger partial charge >= 0.3 is 0 Å². The lowest BCUT2D eigenvalue weighted by Gasteiger charge is -2.14. The number of nitrogens with two attached hydrogens (primary N) is 1. The Balaban J connectivity index is 2.95. The lowest BCUT2D eigenvalue weighted by molar-refractivity contribution is 0.278. The zero-order valence-electron chi connectivity index (χ0n) is 9.04. The smallest absolute Gasteiger partial charge is 0.134 e. The molecule has 0 heterocycles. The van der Waals surface area contributed by atoms with Gasteiger partial charge in [0.25, 0.3) is 0 Å². The Morgan fingerprint density at radius 3 is 2.38 bits per heavy atom. The van der Waals surface area contributed by atoms with Gasteiger partial charge in [-0.3, -0.25) is 0 Å². The summed E-state index contributed by atoms with van der Waals surface area (Å²) in [5.74, 6) is -1.32. The molecular weight excluding hydrogens is 216 g/mol. The van der Waals surface area contributed by atoms with E-state index < -0.39 is 17.7 Å². The van der Waals surface area contributed by atoms with E-state index in [4.69, 9.17) is 15.6 Å². The normalized spacial score (nSPS) is 12.6. The maximum atomic E-state index is 13.5. The van der Waals surface area contributed by atoms with Crippen LogP contribution in [0.1, 0.15) is 24.4 Å². The summed E-state index contributed by atoms with van der Waals surface area (Å²) in [4.78, 5) is 0. The van der Waals surface area contributed by atoms with Crippen molar-refractivity contribution in [1.82, 2.24) is 0 Å². The number of benzene rings is 1. The maximum absolute atomic E-state index is 13.5. The van der Waals surface area contributed by atoms with Crippen LogP contribution in [0.4, 0.5) is 8.78 Å². The molecule has 0 aliphatic rings. The van der Waals surface area contributed by atoms with E-state index in [9.17, 15) is 8.78 Å². The van der Waals surface area contributed by atoms with Crippen molar-refractivity contribution in [3.8, 4) is 5.75 Å². The topological polar surface area (TPSA) is 55.5 Å². The van der Waals surface area contributed by atoms with Crippen LogP contribution in [0, 0.1) is 11.6 Å². The van der Waals surface area contributed by atoms with Crippen molar-refractivity contribution in [2.24, 2.45) is 5.73 Å². The highest BCUT2D eigenvalue weighted by Gasteiger charge is 2.17. The van der Waals surface area contributed by atoms with Gasteiger partial charge in [-0.15, -0.1) is 0 Å². The largest absolute Gasteiger partial charge is 0.497 e. The van der Waals surface area contributed by atoms with Crippen LogP contribution in [0.25, 0.3) is 0 Å². The third kappa shape index (κ3) is 2.90. The fraction of sp³-hybridized carbons (Fsp3) is 0.455. The van der Waals surface area contributed by atoms with Crippen LogP contribution in [0.2, 0.25) is 0 Å². The lowest BCUT2D eigenvalue weighted by atomic mass is 10.0. The van der Waals surface area contributed by atoms with Gasteiger partial charge in [0.2, 0.25) is 0 Å². The molecule has 0 aromatic heterocycles. The molecular formula is C11H15F2NO2. The van der Waals surface area contributed by atoms with E-state index in [-0.39, 0.29) is 17.9 Å². The predicted octanol–water partition coefficient (Wildman–Crippen LogP) is 1.75. The summed E-state index contributed by atoms with van der Waals surface area (Å²) in [5, 5.41) is 8.62. The summed E-state index contributed by atoms with van der Waals surface area (Å²) >= 11 is 0. The first-order valence-electron chi connectivity index (χ1n) is 4.99. The number of hydrogen-bond acceptors (Lipinski definition) is 3. The zero-order chi connectivity index (χ0) is 12.1. The standard InChI is InChI=1S/C11H15F2NO2/c1-16-7-5-8(12)11(9(13)6-7)10(14)3-2-4-15/h5-6,10,15H,2-4,14H2,1H3/t10-/m1/s1. The van der Waals surface area contributed by atoms with Crippen LogP contribution >= 0.6 is 0 Å². The number of halogens is 2. The van der Waals surface area contributed by atoms with Gasteiger partial charge in [-0.25, -0.2) is 8.78 Å². The fourth-order valence-corrected chi connectivity index (χ4v) is 1.49. The summed E-state index contributed by atoms with van der Waals surface area (Å²) in [6.07, 6.45) is 0.739. The van der Waals surface area contributed by atoms with Gasteiger partial charge in [0, 0.05) is 30.3 Å². The first-order valence-corrected chi connectivity index (χ1v) is 4.99. The molecule has 90 valence electrons. The van der Waals surface area contributed by atoms with Crippen molar-refractivity contribution in [3.05, 3.63) is 29.3 Å². The Morgan fingerprint density at radius 1 is 1.38 bits per heavy atom.